The molecule has 1 N–H and O–H groups in total. The number of anilines is 1. The van der Waals surface area contributed by atoms with Gasteiger partial charge >= 0.3 is 0 Å². The molecule has 1 saturated heterocycles. The van der Waals surface area contributed by atoms with Crippen molar-refractivity contribution < 1.29 is 14.0 Å². The Hall–Kier alpha value is -2.21. The van der Waals surface area contributed by atoms with E-state index in [-0.39, 0.29) is 30.0 Å². The molecule has 0 aliphatic carbocycles. The molecule has 1 unspecified atom stereocenters. The van der Waals surface area contributed by atoms with Gasteiger partial charge in [0.1, 0.15) is 5.82 Å². The minimum absolute atomic E-state index is 0.0599. The first-order chi connectivity index (χ1) is 11.5. The van der Waals surface area contributed by atoms with Crippen molar-refractivity contribution in [2.45, 2.75) is 13.0 Å². The van der Waals surface area contributed by atoms with Crippen LogP contribution in [0.1, 0.15) is 12.0 Å². The Morgan fingerprint density at radius 2 is 1.83 bits per heavy atom. The van der Waals surface area contributed by atoms with Crippen LogP contribution in [0.4, 0.5) is 10.1 Å². The number of hydrogen-bond acceptors (Lipinski definition) is 2. The Morgan fingerprint density at radius 1 is 1.17 bits per heavy atom. The van der Waals surface area contributed by atoms with Crippen LogP contribution in [0.2, 0.25) is 0 Å². The fraction of sp³-hybridized carbons (Fsp3) is 0.222. The van der Waals surface area contributed by atoms with Crippen LogP contribution in [0.15, 0.2) is 53.0 Å². The molecule has 1 aliphatic heterocycles. The molecule has 2 amide bonds. The van der Waals surface area contributed by atoms with Gasteiger partial charge in [-0.15, -0.1) is 0 Å². The van der Waals surface area contributed by atoms with E-state index in [9.17, 15) is 14.0 Å². The summed E-state index contributed by atoms with van der Waals surface area (Å²) >= 11 is 3.34. The number of likely N-dealkylation sites (tertiary alicyclic amines) is 1. The number of carbonyl (C=O) groups excluding carboxylic acids is 2. The van der Waals surface area contributed by atoms with Crippen LogP contribution in [-0.4, -0.2) is 23.3 Å². The number of amides is 2. The van der Waals surface area contributed by atoms with Crippen LogP contribution in [-0.2, 0) is 16.1 Å². The predicted molar refractivity (Wildman–Crippen MR) is 92.7 cm³/mol. The Labute approximate surface area is 147 Å². The molecule has 1 fully saturated rings. The molecule has 2 aromatic rings. The van der Waals surface area contributed by atoms with Crippen molar-refractivity contribution in [2.24, 2.45) is 5.92 Å². The first kappa shape index (κ1) is 16.6. The second kappa shape index (κ2) is 7.13. The lowest BCUT2D eigenvalue weighted by atomic mass is 10.1. The zero-order valence-electron chi connectivity index (χ0n) is 12.8. The van der Waals surface area contributed by atoms with Gasteiger partial charge in [-0.1, -0.05) is 28.1 Å². The van der Waals surface area contributed by atoms with Crippen LogP contribution in [0.3, 0.4) is 0 Å². The van der Waals surface area contributed by atoms with Crippen LogP contribution >= 0.6 is 15.9 Å². The average Bonchev–Trinajstić information content (AvgIpc) is 2.93. The van der Waals surface area contributed by atoms with Gasteiger partial charge in [0.2, 0.25) is 11.8 Å². The molecule has 0 bridgehead atoms. The van der Waals surface area contributed by atoms with E-state index < -0.39 is 0 Å². The van der Waals surface area contributed by atoms with Gasteiger partial charge in [-0.3, -0.25) is 9.59 Å². The number of benzene rings is 2. The monoisotopic (exact) mass is 390 g/mol. The van der Waals surface area contributed by atoms with Crippen molar-refractivity contribution in [2.75, 3.05) is 11.9 Å². The third kappa shape index (κ3) is 4.00. The van der Waals surface area contributed by atoms with Gasteiger partial charge in [0.05, 0.1) is 5.92 Å². The van der Waals surface area contributed by atoms with Gasteiger partial charge in [-0.25, -0.2) is 4.39 Å². The van der Waals surface area contributed by atoms with Crippen molar-refractivity contribution in [3.05, 3.63) is 64.4 Å². The van der Waals surface area contributed by atoms with E-state index in [2.05, 4.69) is 21.2 Å². The maximum absolute atomic E-state index is 12.9. The summed E-state index contributed by atoms with van der Waals surface area (Å²) in [6, 6.07) is 13.3. The van der Waals surface area contributed by atoms with Crippen LogP contribution < -0.4 is 5.32 Å². The lowest BCUT2D eigenvalue weighted by Gasteiger charge is -2.16. The summed E-state index contributed by atoms with van der Waals surface area (Å²) in [5.41, 5.74) is 1.55. The molecule has 0 saturated carbocycles. The Balaban J connectivity index is 1.60. The van der Waals surface area contributed by atoms with Gasteiger partial charge in [0.15, 0.2) is 0 Å². The number of halogens is 2. The summed E-state index contributed by atoms with van der Waals surface area (Å²) in [5.74, 6) is -0.901. The first-order valence-corrected chi connectivity index (χ1v) is 8.39. The molecule has 1 atom stereocenters. The molecule has 1 heterocycles. The Morgan fingerprint density at radius 3 is 2.50 bits per heavy atom. The second-order valence-electron chi connectivity index (χ2n) is 5.80. The second-order valence-corrected chi connectivity index (χ2v) is 6.71. The first-order valence-electron chi connectivity index (χ1n) is 7.60. The summed E-state index contributed by atoms with van der Waals surface area (Å²) in [4.78, 5) is 26.1. The van der Waals surface area contributed by atoms with Crippen LogP contribution in [0.5, 0.6) is 0 Å². The van der Waals surface area contributed by atoms with E-state index >= 15 is 0 Å². The molecular weight excluding hydrogens is 375 g/mol. The maximum Gasteiger partial charge on any atom is 0.229 e. The SMILES string of the molecule is O=C(Nc1ccc(Br)cc1)C1CC(=O)N(Cc2ccc(F)cc2)C1. The third-order valence-electron chi connectivity index (χ3n) is 3.98. The minimum atomic E-state index is -0.374. The summed E-state index contributed by atoms with van der Waals surface area (Å²) in [7, 11) is 0. The highest BCUT2D eigenvalue weighted by molar-refractivity contribution is 9.10. The van der Waals surface area contributed by atoms with E-state index in [4.69, 9.17) is 0 Å². The van der Waals surface area contributed by atoms with Crippen LogP contribution in [0, 0.1) is 11.7 Å². The molecule has 0 spiro atoms. The highest BCUT2D eigenvalue weighted by atomic mass is 79.9. The van der Waals surface area contributed by atoms with Crippen molar-refractivity contribution >= 4 is 33.4 Å². The highest BCUT2D eigenvalue weighted by Gasteiger charge is 2.34. The number of carbonyl (C=O) groups is 2. The standard InChI is InChI=1S/C18H16BrFN2O2/c19-14-3-7-16(8-4-14)21-18(24)13-9-17(23)22(11-13)10-12-1-5-15(20)6-2-12/h1-8,13H,9-11H2,(H,21,24). The fourth-order valence-corrected chi connectivity index (χ4v) is 2.95. The molecule has 0 aromatic heterocycles. The minimum Gasteiger partial charge on any atom is -0.338 e. The molecular formula is C18H16BrFN2O2. The predicted octanol–water partition coefficient (Wildman–Crippen LogP) is 3.58. The smallest absolute Gasteiger partial charge is 0.229 e. The van der Waals surface area contributed by atoms with Gasteiger partial charge in [-0.05, 0) is 42.0 Å². The largest absolute Gasteiger partial charge is 0.338 e. The molecule has 2 aromatic carbocycles. The van der Waals surface area contributed by atoms with Crippen molar-refractivity contribution in [1.29, 1.82) is 0 Å². The molecule has 0 radical (unpaired) electrons. The summed E-state index contributed by atoms with van der Waals surface area (Å²) in [6.45, 7) is 0.764. The number of nitrogens with one attached hydrogen (secondary N) is 1. The zero-order chi connectivity index (χ0) is 17.1. The maximum atomic E-state index is 12.9. The third-order valence-corrected chi connectivity index (χ3v) is 4.51. The quantitative estimate of drug-likeness (QED) is 0.867. The zero-order valence-corrected chi connectivity index (χ0v) is 14.4. The lowest BCUT2D eigenvalue weighted by molar-refractivity contribution is -0.128. The highest BCUT2D eigenvalue weighted by Crippen LogP contribution is 2.22. The van der Waals surface area contributed by atoms with E-state index in [1.165, 1.54) is 12.1 Å². The van der Waals surface area contributed by atoms with E-state index in [1.807, 2.05) is 12.1 Å². The van der Waals surface area contributed by atoms with Crippen molar-refractivity contribution in [1.82, 2.24) is 4.90 Å². The van der Waals surface area contributed by atoms with Gasteiger partial charge in [0, 0.05) is 29.7 Å². The van der Waals surface area contributed by atoms with E-state index in [1.54, 1.807) is 29.2 Å². The number of hydrogen-bond donors (Lipinski definition) is 1. The fourth-order valence-electron chi connectivity index (χ4n) is 2.69. The summed E-state index contributed by atoms with van der Waals surface area (Å²) < 4.78 is 13.9. The summed E-state index contributed by atoms with van der Waals surface area (Å²) in [5, 5.41) is 2.84. The normalized spacial score (nSPS) is 17.2. The molecule has 3 rings (SSSR count). The number of rotatable bonds is 4. The molecule has 24 heavy (non-hydrogen) atoms. The molecule has 6 heteroatoms. The van der Waals surface area contributed by atoms with Gasteiger partial charge in [0.25, 0.3) is 0 Å². The molecule has 124 valence electrons. The molecule has 1 aliphatic rings. The number of nitrogens with zero attached hydrogens (tertiary/aromatic N) is 1. The van der Waals surface area contributed by atoms with Gasteiger partial charge in [-0.2, -0.15) is 0 Å². The summed E-state index contributed by atoms with van der Waals surface area (Å²) in [6.07, 6.45) is 0.198. The average molecular weight is 391 g/mol. The van der Waals surface area contributed by atoms with E-state index in [0.29, 0.717) is 18.8 Å². The Bertz CT molecular complexity index is 747. The van der Waals surface area contributed by atoms with E-state index in [0.717, 1.165) is 10.0 Å². The van der Waals surface area contributed by atoms with Crippen LogP contribution in [0.25, 0.3) is 0 Å². The lowest BCUT2D eigenvalue weighted by Crippen LogP contribution is -2.28. The molecule has 4 nitrogen and oxygen atoms in total. The van der Waals surface area contributed by atoms with Crippen molar-refractivity contribution in [3.8, 4) is 0 Å². The van der Waals surface area contributed by atoms with Crippen molar-refractivity contribution in [3.63, 3.8) is 0 Å². The van der Waals surface area contributed by atoms with Gasteiger partial charge < -0.3 is 10.2 Å². The Kier molecular flexibility index (Phi) is 4.94. The topological polar surface area (TPSA) is 49.4 Å².